The molecular weight excluding hydrogens is 562 g/mol. The number of ether oxygens (including phenoxy) is 3. The van der Waals surface area contributed by atoms with Crippen LogP contribution in [0.3, 0.4) is 0 Å². The SMILES string of the molecule is COc1cccc(-c2nnc(CS(=O)(=O)C3CCCN(c4ncc(Cl)cn4)C3)n2-c2c(OC)ncnc2OC)n1. The third-order valence-electron chi connectivity index (χ3n) is 6.36. The molecule has 1 atom stereocenters. The second-order valence-corrected chi connectivity index (χ2v) is 11.5. The molecule has 5 rings (SSSR count). The highest BCUT2D eigenvalue weighted by molar-refractivity contribution is 7.91. The van der Waals surface area contributed by atoms with Crippen LogP contribution in [0.1, 0.15) is 18.7 Å². The molecule has 1 saturated heterocycles. The Balaban J connectivity index is 1.56. The van der Waals surface area contributed by atoms with Crippen LogP contribution in [0.25, 0.3) is 17.2 Å². The van der Waals surface area contributed by atoms with Gasteiger partial charge in [0.25, 0.3) is 0 Å². The van der Waals surface area contributed by atoms with Gasteiger partial charge in [-0.2, -0.15) is 9.97 Å². The number of hydrogen-bond acceptors (Lipinski definition) is 13. The van der Waals surface area contributed by atoms with E-state index in [1.807, 2.05) is 4.90 Å². The monoisotopic (exact) mass is 587 g/mol. The third-order valence-corrected chi connectivity index (χ3v) is 8.62. The normalized spacial score (nSPS) is 15.6. The highest BCUT2D eigenvalue weighted by Crippen LogP contribution is 2.34. The molecule has 0 radical (unpaired) electrons. The number of anilines is 1. The Bertz CT molecular complexity index is 1580. The molecule has 40 heavy (non-hydrogen) atoms. The van der Waals surface area contributed by atoms with Crippen molar-refractivity contribution in [2.45, 2.75) is 23.8 Å². The number of halogens is 1. The Morgan fingerprint density at radius 3 is 2.40 bits per heavy atom. The lowest BCUT2D eigenvalue weighted by Crippen LogP contribution is -2.43. The minimum atomic E-state index is -3.75. The summed E-state index contributed by atoms with van der Waals surface area (Å²) < 4.78 is 45.4. The van der Waals surface area contributed by atoms with Crippen molar-refractivity contribution in [3.8, 4) is 34.8 Å². The van der Waals surface area contributed by atoms with Gasteiger partial charge in [0.2, 0.25) is 23.6 Å². The zero-order chi connectivity index (χ0) is 28.3. The number of pyridine rings is 1. The maximum Gasteiger partial charge on any atom is 0.245 e. The number of sulfone groups is 1. The predicted molar refractivity (Wildman–Crippen MR) is 145 cm³/mol. The lowest BCUT2D eigenvalue weighted by atomic mass is 10.1. The van der Waals surface area contributed by atoms with Crippen LogP contribution >= 0.6 is 11.6 Å². The highest BCUT2D eigenvalue weighted by atomic mass is 35.5. The largest absolute Gasteiger partial charge is 0.481 e. The molecule has 1 fully saturated rings. The zero-order valence-electron chi connectivity index (χ0n) is 21.9. The summed E-state index contributed by atoms with van der Waals surface area (Å²) in [6.45, 7) is 0.856. The molecule has 0 saturated carbocycles. The number of hydrogen-bond donors (Lipinski definition) is 0. The van der Waals surface area contributed by atoms with Crippen molar-refractivity contribution in [2.24, 2.45) is 0 Å². The van der Waals surface area contributed by atoms with Crippen LogP contribution in [0.4, 0.5) is 5.95 Å². The summed E-state index contributed by atoms with van der Waals surface area (Å²) >= 11 is 5.92. The Labute approximate surface area is 235 Å². The van der Waals surface area contributed by atoms with Gasteiger partial charge in [-0.05, 0) is 18.9 Å². The second kappa shape index (κ2) is 11.6. The molecule has 5 heterocycles. The Hall–Kier alpha value is -4.11. The molecule has 1 aliphatic rings. The van der Waals surface area contributed by atoms with Gasteiger partial charge in [-0.15, -0.1) is 10.2 Å². The van der Waals surface area contributed by atoms with Crippen molar-refractivity contribution in [3.05, 3.63) is 47.8 Å². The first kappa shape index (κ1) is 27.5. The van der Waals surface area contributed by atoms with Crippen molar-refractivity contribution in [1.82, 2.24) is 39.7 Å². The average molecular weight is 588 g/mol. The Kier molecular flexibility index (Phi) is 7.93. The minimum Gasteiger partial charge on any atom is -0.481 e. The van der Waals surface area contributed by atoms with Crippen molar-refractivity contribution < 1.29 is 22.6 Å². The summed E-state index contributed by atoms with van der Waals surface area (Å²) in [4.78, 5) is 23.2. The fourth-order valence-corrected chi connectivity index (χ4v) is 6.29. The topological polar surface area (TPSA) is 160 Å². The van der Waals surface area contributed by atoms with Gasteiger partial charge in [-0.25, -0.2) is 23.4 Å². The van der Waals surface area contributed by atoms with Crippen LogP contribution in [-0.2, 0) is 15.6 Å². The van der Waals surface area contributed by atoms with E-state index in [-0.39, 0.29) is 35.6 Å². The molecule has 210 valence electrons. The molecule has 0 bridgehead atoms. The van der Waals surface area contributed by atoms with Gasteiger partial charge in [-0.1, -0.05) is 17.7 Å². The average Bonchev–Trinajstić information content (AvgIpc) is 3.39. The van der Waals surface area contributed by atoms with Crippen molar-refractivity contribution >= 4 is 27.4 Å². The van der Waals surface area contributed by atoms with E-state index in [9.17, 15) is 8.42 Å². The van der Waals surface area contributed by atoms with Crippen LogP contribution in [0.15, 0.2) is 36.9 Å². The lowest BCUT2D eigenvalue weighted by Gasteiger charge is -2.32. The van der Waals surface area contributed by atoms with Crippen molar-refractivity contribution in [2.75, 3.05) is 39.3 Å². The minimum absolute atomic E-state index is 0.117. The van der Waals surface area contributed by atoms with Crippen molar-refractivity contribution in [1.29, 1.82) is 0 Å². The van der Waals surface area contributed by atoms with Gasteiger partial charge in [0, 0.05) is 19.2 Å². The summed E-state index contributed by atoms with van der Waals surface area (Å²) in [6.07, 6.45) is 5.38. The Morgan fingerprint density at radius 2 is 1.73 bits per heavy atom. The van der Waals surface area contributed by atoms with Crippen LogP contribution in [0.5, 0.6) is 17.6 Å². The summed E-state index contributed by atoms with van der Waals surface area (Å²) in [7, 11) is 0.615. The van der Waals surface area contributed by atoms with E-state index in [0.717, 1.165) is 0 Å². The summed E-state index contributed by atoms with van der Waals surface area (Å²) in [5, 5.41) is 8.29. The summed E-state index contributed by atoms with van der Waals surface area (Å²) in [5.41, 5.74) is 0.620. The van der Waals surface area contributed by atoms with E-state index >= 15 is 0 Å². The molecule has 1 unspecified atom stereocenters. The van der Waals surface area contributed by atoms with Gasteiger partial charge < -0.3 is 19.1 Å². The van der Waals surface area contributed by atoms with E-state index in [1.54, 1.807) is 18.2 Å². The second-order valence-electron chi connectivity index (χ2n) is 8.80. The molecule has 1 aliphatic heterocycles. The molecule has 0 spiro atoms. The number of rotatable bonds is 9. The zero-order valence-corrected chi connectivity index (χ0v) is 23.5. The molecule has 0 aliphatic carbocycles. The first-order valence-electron chi connectivity index (χ1n) is 12.2. The molecule has 0 N–H and O–H groups in total. The quantitative estimate of drug-likeness (QED) is 0.280. The maximum absolute atomic E-state index is 13.8. The van der Waals surface area contributed by atoms with Crippen LogP contribution in [0.2, 0.25) is 5.02 Å². The number of aromatic nitrogens is 8. The molecular formula is C24H26ClN9O5S. The van der Waals surface area contributed by atoms with Crippen LogP contribution < -0.4 is 19.1 Å². The molecule has 14 nitrogen and oxygen atoms in total. The lowest BCUT2D eigenvalue weighted by molar-refractivity contribution is 0.368. The van der Waals surface area contributed by atoms with E-state index in [0.29, 0.717) is 41.9 Å². The van der Waals surface area contributed by atoms with Gasteiger partial charge in [-0.3, -0.25) is 4.57 Å². The van der Waals surface area contributed by atoms with Crippen LogP contribution in [-0.4, -0.2) is 87.8 Å². The van der Waals surface area contributed by atoms with Gasteiger partial charge in [0.05, 0.1) is 44.0 Å². The van der Waals surface area contributed by atoms with Gasteiger partial charge in [0.1, 0.15) is 17.8 Å². The van der Waals surface area contributed by atoms with Crippen molar-refractivity contribution in [3.63, 3.8) is 0 Å². The molecule has 4 aromatic heterocycles. The van der Waals surface area contributed by atoms with E-state index in [2.05, 4.69) is 35.1 Å². The number of nitrogens with zero attached hydrogens (tertiary/aromatic N) is 9. The number of piperidine rings is 1. The molecule has 0 aromatic carbocycles. The first-order valence-corrected chi connectivity index (χ1v) is 14.3. The summed E-state index contributed by atoms with van der Waals surface area (Å²) in [5.74, 6) is 0.967. The summed E-state index contributed by atoms with van der Waals surface area (Å²) in [6, 6.07) is 5.12. The first-order chi connectivity index (χ1) is 19.3. The van der Waals surface area contributed by atoms with Gasteiger partial charge >= 0.3 is 0 Å². The highest BCUT2D eigenvalue weighted by Gasteiger charge is 2.35. The van der Waals surface area contributed by atoms with Crippen LogP contribution in [0, 0.1) is 0 Å². The van der Waals surface area contributed by atoms with E-state index < -0.39 is 20.8 Å². The standard InChI is InChI=1S/C24H26ClN9O5S/c1-37-19-8-4-7-17(30-19)21-32-31-18(34(21)20-22(38-2)28-14-29-23(20)39-3)13-40(35,36)16-6-5-9-33(12-16)24-26-10-15(25)11-27-24/h4,7-8,10-11,14,16H,5-6,9,12-13H2,1-3H3. The number of methoxy groups -OCH3 is 3. The third kappa shape index (κ3) is 5.47. The Morgan fingerprint density at radius 1 is 1.00 bits per heavy atom. The fraction of sp³-hybridized carbons (Fsp3) is 0.375. The smallest absolute Gasteiger partial charge is 0.245 e. The predicted octanol–water partition coefficient (Wildman–Crippen LogP) is 2.17. The molecule has 4 aromatic rings. The molecule has 16 heteroatoms. The molecule has 0 amide bonds. The van der Waals surface area contributed by atoms with E-state index in [4.69, 9.17) is 25.8 Å². The maximum atomic E-state index is 13.8. The van der Waals surface area contributed by atoms with E-state index in [1.165, 1.54) is 44.6 Å². The fourth-order valence-electron chi connectivity index (χ4n) is 4.48. The van der Waals surface area contributed by atoms with Gasteiger partial charge in [0.15, 0.2) is 27.2 Å².